The fourth-order valence-electron chi connectivity index (χ4n) is 1.44. The quantitative estimate of drug-likeness (QED) is 0.735. The van der Waals surface area contributed by atoms with Gasteiger partial charge in [-0.3, -0.25) is 0 Å². The van der Waals surface area contributed by atoms with Gasteiger partial charge in [0.1, 0.15) is 0 Å². The summed E-state index contributed by atoms with van der Waals surface area (Å²) in [6.07, 6.45) is 1.49. The molecule has 0 aromatic carbocycles. The third-order valence-corrected chi connectivity index (χ3v) is 3.81. The maximum Gasteiger partial charge on any atom is 0.211 e. The first-order valence-corrected chi connectivity index (χ1v) is 7.90. The lowest BCUT2D eigenvalue weighted by molar-refractivity contribution is 0.396. The molecule has 0 rings (SSSR count). The van der Waals surface area contributed by atoms with Crippen molar-refractivity contribution in [3.05, 3.63) is 0 Å². The molecule has 0 aliphatic heterocycles. The summed E-state index contributed by atoms with van der Waals surface area (Å²) in [6.45, 7) is 10.6. The van der Waals surface area contributed by atoms with Crippen molar-refractivity contribution in [2.24, 2.45) is 17.1 Å². The molecule has 0 aliphatic rings. The molecular formula is C12H28N2O2S. The van der Waals surface area contributed by atoms with Crippen molar-refractivity contribution in [3.8, 4) is 0 Å². The van der Waals surface area contributed by atoms with E-state index in [0.717, 1.165) is 6.42 Å². The largest absolute Gasteiger partial charge is 0.327 e. The van der Waals surface area contributed by atoms with Crippen LogP contribution in [0.1, 0.15) is 47.5 Å². The van der Waals surface area contributed by atoms with Crippen molar-refractivity contribution in [1.29, 1.82) is 0 Å². The van der Waals surface area contributed by atoms with Gasteiger partial charge < -0.3 is 5.73 Å². The van der Waals surface area contributed by atoms with E-state index in [1.54, 1.807) is 0 Å². The lowest BCUT2D eigenvalue weighted by Gasteiger charge is -2.19. The maximum atomic E-state index is 11.7. The Labute approximate surface area is 106 Å². The first-order valence-electron chi connectivity index (χ1n) is 6.25. The van der Waals surface area contributed by atoms with Crippen LogP contribution >= 0.6 is 0 Å². The molecule has 1 atom stereocenters. The van der Waals surface area contributed by atoms with Crippen molar-refractivity contribution in [2.75, 3.05) is 12.3 Å². The molecule has 0 radical (unpaired) electrons. The molecule has 17 heavy (non-hydrogen) atoms. The summed E-state index contributed by atoms with van der Waals surface area (Å²) in [5, 5.41) is 0. The maximum absolute atomic E-state index is 11.7. The van der Waals surface area contributed by atoms with Crippen molar-refractivity contribution in [3.63, 3.8) is 0 Å². The van der Waals surface area contributed by atoms with Crippen LogP contribution in [0.4, 0.5) is 0 Å². The summed E-state index contributed by atoms with van der Waals surface area (Å²) < 4.78 is 26.0. The normalized spacial score (nSPS) is 15.2. The van der Waals surface area contributed by atoms with Crippen LogP contribution in [0.3, 0.4) is 0 Å². The number of nitrogens with two attached hydrogens (primary N) is 1. The molecule has 0 aromatic rings. The molecular weight excluding hydrogens is 236 g/mol. The molecule has 104 valence electrons. The second-order valence-corrected chi connectivity index (χ2v) is 8.29. The van der Waals surface area contributed by atoms with Crippen LogP contribution in [0.25, 0.3) is 0 Å². The lowest BCUT2D eigenvalue weighted by Crippen LogP contribution is -2.39. The molecule has 0 spiro atoms. The predicted octanol–water partition coefficient (Wildman–Crippen LogP) is 1.72. The summed E-state index contributed by atoms with van der Waals surface area (Å²) in [7, 11) is -3.18. The molecule has 0 heterocycles. The van der Waals surface area contributed by atoms with Crippen molar-refractivity contribution in [2.45, 2.75) is 53.5 Å². The van der Waals surface area contributed by atoms with E-state index in [2.05, 4.69) is 18.6 Å². The molecule has 1 unspecified atom stereocenters. The van der Waals surface area contributed by atoms with E-state index in [1.165, 1.54) is 0 Å². The zero-order chi connectivity index (χ0) is 13.7. The van der Waals surface area contributed by atoms with E-state index in [-0.39, 0.29) is 17.2 Å². The lowest BCUT2D eigenvalue weighted by atomic mass is 9.94. The fraction of sp³-hybridized carbons (Fsp3) is 1.00. The molecule has 0 saturated carbocycles. The number of hydrogen-bond donors (Lipinski definition) is 2. The molecule has 0 fully saturated rings. The monoisotopic (exact) mass is 264 g/mol. The molecule has 0 amide bonds. The second kappa shape index (κ2) is 6.71. The number of sulfonamides is 1. The Kier molecular flexibility index (Phi) is 6.66. The van der Waals surface area contributed by atoms with Crippen LogP contribution in [-0.4, -0.2) is 26.8 Å². The highest BCUT2D eigenvalue weighted by atomic mass is 32.2. The van der Waals surface area contributed by atoms with E-state index in [1.807, 2.05) is 20.8 Å². The third-order valence-electron chi connectivity index (χ3n) is 2.46. The molecule has 0 aliphatic carbocycles. The van der Waals surface area contributed by atoms with E-state index in [4.69, 9.17) is 5.73 Å². The van der Waals surface area contributed by atoms with Gasteiger partial charge in [0.05, 0.1) is 5.75 Å². The Hall–Kier alpha value is -0.130. The van der Waals surface area contributed by atoms with Crippen LogP contribution in [0.2, 0.25) is 0 Å². The topological polar surface area (TPSA) is 72.2 Å². The van der Waals surface area contributed by atoms with Crippen molar-refractivity contribution >= 4 is 10.0 Å². The minimum atomic E-state index is -3.18. The van der Waals surface area contributed by atoms with Crippen LogP contribution < -0.4 is 10.5 Å². The number of rotatable bonds is 7. The average Bonchev–Trinajstić information content (AvgIpc) is 2.10. The Morgan fingerprint density at radius 2 is 1.76 bits per heavy atom. The molecule has 3 N–H and O–H groups in total. The van der Waals surface area contributed by atoms with Gasteiger partial charge in [0.15, 0.2) is 0 Å². The third kappa shape index (κ3) is 10.7. The molecule has 0 aromatic heterocycles. The average molecular weight is 264 g/mol. The van der Waals surface area contributed by atoms with Crippen molar-refractivity contribution in [1.82, 2.24) is 4.72 Å². The van der Waals surface area contributed by atoms with Crippen LogP contribution in [-0.2, 0) is 10.0 Å². The zero-order valence-corrected chi connectivity index (χ0v) is 12.6. The van der Waals surface area contributed by atoms with Gasteiger partial charge in [0.2, 0.25) is 10.0 Å². The van der Waals surface area contributed by atoms with E-state index in [0.29, 0.717) is 18.9 Å². The number of hydrogen-bond acceptors (Lipinski definition) is 3. The SMILES string of the molecule is CC(C)CC(N)CNS(=O)(=O)CCC(C)(C)C. The van der Waals surface area contributed by atoms with E-state index < -0.39 is 10.0 Å². The highest BCUT2D eigenvalue weighted by Gasteiger charge is 2.18. The minimum absolute atomic E-state index is 0.0365. The zero-order valence-electron chi connectivity index (χ0n) is 11.8. The van der Waals surface area contributed by atoms with E-state index in [9.17, 15) is 8.42 Å². The Morgan fingerprint density at radius 1 is 1.24 bits per heavy atom. The smallest absolute Gasteiger partial charge is 0.211 e. The van der Waals surface area contributed by atoms with Crippen LogP contribution in [0, 0.1) is 11.3 Å². The van der Waals surface area contributed by atoms with Crippen molar-refractivity contribution < 1.29 is 8.42 Å². The molecule has 0 saturated heterocycles. The van der Waals surface area contributed by atoms with Gasteiger partial charge in [-0.15, -0.1) is 0 Å². The van der Waals surface area contributed by atoms with Gasteiger partial charge in [0.25, 0.3) is 0 Å². The standard InChI is InChI=1S/C12H28N2O2S/c1-10(2)8-11(13)9-14-17(15,16)7-6-12(3,4)5/h10-11,14H,6-9,13H2,1-5H3. The second-order valence-electron chi connectivity index (χ2n) is 6.37. The Bertz CT molecular complexity index is 305. The summed E-state index contributed by atoms with van der Waals surface area (Å²) in [5.74, 6) is 0.661. The molecule has 4 nitrogen and oxygen atoms in total. The summed E-state index contributed by atoms with van der Waals surface area (Å²) >= 11 is 0. The first kappa shape index (κ1) is 16.9. The van der Waals surface area contributed by atoms with Gasteiger partial charge in [-0.25, -0.2) is 13.1 Å². The molecule has 0 bridgehead atoms. The van der Waals surface area contributed by atoms with E-state index >= 15 is 0 Å². The summed E-state index contributed by atoms with van der Waals surface area (Å²) in [6, 6.07) is -0.0978. The van der Waals surface area contributed by atoms with Gasteiger partial charge >= 0.3 is 0 Å². The Morgan fingerprint density at radius 3 is 2.18 bits per heavy atom. The number of nitrogens with one attached hydrogen (secondary N) is 1. The van der Waals surface area contributed by atoms with Gasteiger partial charge in [0, 0.05) is 12.6 Å². The van der Waals surface area contributed by atoms with Gasteiger partial charge in [-0.05, 0) is 24.2 Å². The molecule has 5 heteroatoms. The summed E-state index contributed by atoms with van der Waals surface area (Å²) in [5.41, 5.74) is 5.87. The van der Waals surface area contributed by atoms with Crippen LogP contribution in [0.15, 0.2) is 0 Å². The van der Waals surface area contributed by atoms with Gasteiger partial charge in [-0.1, -0.05) is 34.6 Å². The highest BCUT2D eigenvalue weighted by Crippen LogP contribution is 2.18. The first-order chi connectivity index (χ1) is 7.52. The Balaban J connectivity index is 4.02. The van der Waals surface area contributed by atoms with Gasteiger partial charge in [-0.2, -0.15) is 0 Å². The predicted molar refractivity (Wildman–Crippen MR) is 73.3 cm³/mol. The minimum Gasteiger partial charge on any atom is -0.327 e. The fourth-order valence-corrected chi connectivity index (χ4v) is 2.93. The highest BCUT2D eigenvalue weighted by molar-refractivity contribution is 7.89. The van der Waals surface area contributed by atoms with Crippen LogP contribution in [0.5, 0.6) is 0 Å². The summed E-state index contributed by atoms with van der Waals surface area (Å²) in [4.78, 5) is 0.